The number of carbonyl (C=O) groups is 1. The third kappa shape index (κ3) is 1.26. The van der Waals surface area contributed by atoms with Gasteiger partial charge in [0.1, 0.15) is 6.10 Å². The van der Waals surface area contributed by atoms with E-state index in [4.69, 9.17) is 4.74 Å². The van der Waals surface area contributed by atoms with Crippen molar-refractivity contribution in [3.63, 3.8) is 0 Å². The second-order valence-electron chi connectivity index (χ2n) is 2.07. The highest BCUT2D eigenvalue weighted by atomic mass is 16.6. The van der Waals surface area contributed by atoms with Gasteiger partial charge in [-0.1, -0.05) is 0 Å². The van der Waals surface area contributed by atoms with Crippen LogP contribution in [0.3, 0.4) is 0 Å². The van der Waals surface area contributed by atoms with E-state index < -0.39 is 5.97 Å². The topological polar surface area (TPSA) is 47.9 Å². The van der Waals surface area contributed by atoms with Gasteiger partial charge in [0.15, 0.2) is 0 Å². The molecule has 0 radical (unpaired) electrons. The zero-order valence-electron chi connectivity index (χ0n) is 5.96. The molecule has 10 heavy (non-hydrogen) atoms. The van der Waals surface area contributed by atoms with Crippen molar-refractivity contribution in [2.24, 2.45) is 4.99 Å². The Hall–Kier alpha value is -1.06. The van der Waals surface area contributed by atoms with Crippen LogP contribution in [-0.4, -0.2) is 31.6 Å². The van der Waals surface area contributed by atoms with E-state index in [0.29, 0.717) is 6.54 Å². The molecule has 1 atom stereocenters. The number of nitrogens with zero attached hydrogens (tertiary/aromatic N) is 1. The molecule has 0 aromatic heterocycles. The first-order chi connectivity index (χ1) is 4.74. The van der Waals surface area contributed by atoms with Gasteiger partial charge in [0, 0.05) is 0 Å². The lowest BCUT2D eigenvalue weighted by molar-refractivity contribution is -0.134. The molecule has 1 heterocycles. The Balaban J connectivity index is 2.51. The molecule has 0 amide bonds. The van der Waals surface area contributed by atoms with Crippen molar-refractivity contribution in [2.45, 2.75) is 13.0 Å². The van der Waals surface area contributed by atoms with Gasteiger partial charge in [0.05, 0.1) is 13.7 Å². The van der Waals surface area contributed by atoms with Crippen LogP contribution >= 0.6 is 0 Å². The lowest BCUT2D eigenvalue weighted by Crippen LogP contribution is -2.18. The Labute approximate surface area is 58.8 Å². The maximum Gasteiger partial charge on any atom is 0.393 e. The quantitative estimate of drug-likeness (QED) is 0.484. The lowest BCUT2D eigenvalue weighted by Gasteiger charge is -2.01. The highest BCUT2D eigenvalue weighted by molar-refractivity contribution is 6.32. The number of aliphatic imine (C=N–C) groups is 1. The molecule has 0 unspecified atom stereocenters. The molecule has 0 spiro atoms. The summed E-state index contributed by atoms with van der Waals surface area (Å²) in [5, 5.41) is 0. The maximum absolute atomic E-state index is 10.7. The normalized spacial score (nSPS) is 23.4. The second kappa shape index (κ2) is 2.68. The third-order valence-electron chi connectivity index (χ3n) is 1.16. The number of rotatable bonds is 1. The van der Waals surface area contributed by atoms with Crippen molar-refractivity contribution in [3.8, 4) is 0 Å². The number of esters is 1. The van der Waals surface area contributed by atoms with Gasteiger partial charge in [-0.15, -0.1) is 0 Å². The first-order valence-electron chi connectivity index (χ1n) is 3.03. The van der Waals surface area contributed by atoms with Gasteiger partial charge in [-0.05, 0) is 6.92 Å². The molecule has 0 bridgehead atoms. The van der Waals surface area contributed by atoms with E-state index in [2.05, 4.69) is 9.73 Å². The predicted molar refractivity (Wildman–Crippen MR) is 34.9 cm³/mol. The molecule has 0 saturated carbocycles. The molecule has 0 aliphatic carbocycles. The third-order valence-corrected chi connectivity index (χ3v) is 1.16. The number of hydrogen-bond acceptors (Lipinski definition) is 4. The number of ether oxygens (including phenoxy) is 2. The van der Waals surface area contributed by atoms with Gasteiger partial charge in [-0.25, -0.2) is 9.79 Å². The van der Waals surface area contributed by atoms with Crippen molar-refractivity contribution in [1.82, 2.24) is 0 Å². The van der Waals surface area contributed by atoms with Crippen LogP contribution in [0.5, 0.6) is 0 Å². The number of methoxy groups -OCH3 is 1. The maximum atomic E-state index is 10.7. The highest BCUT2D eigenvalue weighted by Crippen LogP contribution is 2.03. The number of carbonyl (C=O) groups excluding carboxylic acids is 1. The van der Waals surface area contributed by atoms with Gasteiger partial charge in [-0.2, -0.15) is 0 Å². The molecule has 1 aliphatic heterocycles. The van der Waals surface area contributed by atoms with Crippen molar-refractivity contribution >= 4 is 11.9 Å². The fourth-order valence-electron chi connectivity index (χ4n) is 0.677. The smallest absolute Gasteiger partial charge is 0.393 e. The molecule has 0 aromatic rings. The summed E-state index contributed by atoms with van der Waals surface area (Å²) in [6, 6.07) is 0. The van der Waals surface area contributed by atoms with E-state index >= 15 is 0 Å². The Bertz CT molecular complexity index is 176. The fraction of sp³-hybridized carbons (Fsp3) is 0.667. The van der Waals surface area contributed by atoms with Crippen molar-refractivity contribution in [3.05, 3.63) is 0 Å². The van der Waals surface area contributed by atoms with Crippen LogP contribution in [0.25, 0.3) is 0 Å². The first kappa shape index (κ1) is 7.05. The van der Waals surface area contributed by atoms with Crippen LogP contribution in [0.15, 0.2) is 4.99 Å². The average molecular weight is 143 g/mol. The van der Waals surface area contributed by atoms with Crippen molar-refractivity contribution in [1.29, 1.82) is 0 Å². The average Bonchev–Trinajstić information content (AvgIpc) is 2.34. The van der Waals surface area contributed by atoms with E-state index in [-0.39, 0.29) is 12.0 Å². The largest absolute Gasteiger partial charge is 0.468 e. The van der Waals surface area contributed by atoms with Gasteiger partial charge < -0.3 is 9.47 Å². The monoisotopic (exact) mass is 143 g/mol. The Morgan fingerprint density at radius 1 is 1.90 bits per heavy atom. The van der Waals surface area contributed by atoms with Crippen LogP contribution in [-0.2, 0) is 14.3 Å². The van der Waals surface area contributed by atoms with E-state index in [9.17, 15) is 4.79 Å². The van der Waals surface area contributed by atoms with E-state index in [0.717, 1.165) is 0 Å². The summed E-state index contributed by atoms with van der Waals surface area (Å²) in [4.78, 5) is 14.5. The Morgan fingerprint density at radius 2 is 2.60 bits per heavy atom. The van der Waals surface area contributed by atoms with Crippen molar-refractivity contribution < 1.29 is 14.3 Å². The summed E-state index contributed by atoms with van der Waals surface area (Å²) in [5.41, 5.74) is 0. The summed E-state index contributed by atoms with van der Waals surface area (Å²) < 4.78 is 9.38. The molecular formula is C6H9NO3. The van der Waals surface area contributed by atoms with Gasteiger partial charge in [0.25, 0.3) is 5.90 Å². The zero-order chi connectivity index (χ0) is 7.56. The second-order valence-corrected chi connectivity index (χ2v) is 2.07. The van der Waals surface area contributed by atoms with Gasteiger partial charge in [-0.3, -0.25) is 0 Å². The van der Waals surface area contributed by atoms with Crippen molar-refractivity contribution in [2.75, 3.05) is 13.7 Å². The molecule has 4 heteroatoms. The minimum absolute atomic E-state index is 0.00843. The molecule has 1 aliphatic rings. The first-order valence-corrected chi connectivity index (χ1v) is 3.03. The highest BCUT2D eigenvalue weighted by Gasteiger charge is 2.21. The molecule has 0 N–H and O–H groups in total. The standard InChI is InChI=1S/C6H9NO3/c1-4-3-7-5(10-4)6(8)9-2/h4H,3H2,1-2H3/t4-/m1/s1. The molecule has 1 rings (SSSR count). The molecular weight excluding hydrogens is 134 g/mol. The Kier molecular flexibility index (Phi) is 1.89. The van der Waals surface area contributed by atoms with Gasteiger partial charge >= 0.3 is 5.97 Å². The Morgan fingerprint density at radius 3 is 3.00 bits per heavy atom. The van der Waals surface area contributed by atoms with E-state index in [1.165, 1.54) is 7.11 Å². The molecule has 4 nitrogen and oxygen atoms in total. The molecule has 0 saturated heterocycles. The van der Waals surface area contributed by atoms with Crippen LogP contribution in [0.2, 0.25) is 0 Å². The number of hydrogen-bond donors (Lipinski definition) is 0. The molecule has 56 valence electrons. The van der Waals surface area contributed by atoms with E-state index in [1.54, 1.807) is 0 Å². The zero-order valence-corrected chi connectivity index (χ0v) is 5.96. The summed E-state index contributed by atoms with van der Waals surface area (Å²) in [5.74, 6) is -0.403. The summed E-state index contributed by atoms with van der Waals surface area (Å²) in [6.45, 7) is 2.39. The van der Waals surface area contributed by atoms with Crippen LogP contribution in [0.1, 0.15) is 6.92 Å². The predicted octanol–water partition coefficient (Wildman–Crippen LogP) is -0.0234. The van der Waals surface area contributed by atoms with E-state index in [1.807, 2.05) is 6.92 Å². The summed E-state index contributed by atoms with van der Waals surface area (Å²) >= 11 is 0. The summed E-state index contributed by atoms with van der Waals surface area (Å²) in [7, 11) is 1.30. The summed E-state index contributed by atoms with van der Waals surface area (Å²) in [6.07, 6.45) is 0.00843. The van der Waals surface area contributed by atoms with Crippen LogP contribution in [0.4, 0.5) is 0 Å². The fourth-order valence-corrected chi connectivity index (χ4v) is 0.677. The minimum atomic E-state index is -0.496. The molecule has 0 fully saturated rings. The SMILES string of the molecule is COC(=O)C1=NC[C@@H](C)O1. The van der Waals surface area contributed by atoms with Gasteiger partial charge in [0.2, 0.25) is 0 Å². The van der Waals surface area contributed by atoms with Crippen LogP contribution in [0, 0.1) is 0 Å². The minimum Gasteiger partial charge on any atom is -0.468 e. The molecule has 0 aromatic carbocycles. The van der Waals surface area contributed by atoms with Crippen LogP contribution < -0.4 is 0 Å². The lowest BCUT2D eigenvalue weighted by atomic mass is 10.4.